The van der Waals surface area contributed by atoms with Gasteiger partial charge >= 0.3 is 5.97 Å². The molecular formula is C14H30N2O2. The SMILES string of the molecule is CCCCCCCOC(=O)CNCCCN(C)C. The first-order chi connectivity index (χ1) is 8.66. The van der Waals surface area contributed by atoms with Crippen molar-refractivity contribution in [2.45, 2.75) is 45.4 Å². The molecule has 0 atom stereocenters. The number of nitrogens with one attached hydrogen (secondary N) is 1. The molecule has 0 spiro atoms. The number of carbonyl (C=O) groups excluding carboxylic acids is 1. The van der Waals surface area contributed by atoms with Gasteiger partial charge in [0.1, 0.15) is 0 Å². The van der Waals surface area contributed by atoms with E-state index in [2.05, 4.69) is 17.1 Å². The van der Waals surface area contributed by atoms with Crippen LogP contribution in [0.15, 0.2) is 0 Å². The Morgan fingerprint density at radius 1 is 1.11 bits per heavy atom. The van der Waals surface area contributed by atoms with E-state index in [1.165, 1.54) is 19.3 Å². The molecule has 0 aliphatic heterocycles. The number of ether oxygens (including phenoxy) is 1. The van der Waals surface area contributed by atoms with Crippen molar-refractivity contribution < 1.29 is 9.53 Å². The fraction of sp³-hybridized carbons (Fsp3) is 0.929. The Balaban J connectivity index is 3.17. The lowest BCUT2D eigenvalue weighted by atomic mass is 10.2. The number of hydrogen-bond donors (Lipinski definition) is 1. The third kappa shape index (κ3) is 13.5. The van der Waals surface area contributed by atoms with Gasteiger partial charge in [0.15, 0.2) is 0 Å². The van der Waals surface area contributed by atoms with E-state index in [9.17, 15) is 4.79 Å². The third-order valence-corrected chi connectivity index (χ3v) is 2.74. The number of nitrogens with zero attached hydrogens (tertiary/aromatic N) is 1. The van der Waals surface area contributed by atoms with Crippen molar-refractivity contribution in [3.63, 3.8) is 0 Å². The zero-order valence-corrected chi connectivity index (χ0v) is 12.3. The fourth-order valence-electron chi connectivity index (χ4n) is 1.65. The highest BCUT2D eigenvalue weighted by Crippen LogP contribution is 2.02. The highest BCUT2D eigenvalue weighted by Gasteiger charge is 2.01. The molecule has 0 radical (unpaired) electrons. The lowest BCUT2D eigenvalue weighted by molar-refractivity contribution is -0.142. The minimum Gasteiger partial charge on any atom is -0.465 e. The first-order valence-electron chi connectivity index (χ1n) is 7.18. The molecule has 108 valence electrons. The van der Waals surface area contributed by atoms with E-state index in [1.807, 2.05) is 14.1 Å². The Hall–Kier alpha value is -0.610. The number of hydrogen-bond acceptors (Lipinski definition) is 4. The van der Waals surface area contributed by atoms with E-state index in [0.29, 0.717) is 13.2 Å². The van der Waals surface area contributed by atoms with Crippen LogP contribution in [0.3, 0.4) is 0 Å². The molecule has 0 aromatic heterocycles. The molecule has 0 rings (SSSR count). The summed E-state index contributed by atoms with van der Waals surface area (Å²) in [7, 11) is 4.10. The molecule has 0 aromatic carbocycles. The number of esters is 1. The molecular weight excluding hydrogens is 228 g/mol. The Labute approximate surface area is 112 Å². The number of unbranched alkanes of at least 4 members (excludes halogenated alkanes) is 4. The molecule has 0 unspecified atom stereocenters. The Morgan fingerprint density at radius 3 is 2.50 bits per heavy atom. The Kier molecular flexibility index (Phi) is 12.4. The van der Waals surface area contributed by atoms with Gasteiger partial charge in [-0.05, 0) is 40.0 Å². The van der Waals surface area contributed by atoms with E-state index in [4.69, 9.17) is 4.74 Å². The van der Waals surface area contributed by atoms with Crippen LogP contribution in [0.4, 0.5) is 0 Å². The van der Waals surface area contributed by atoms with E-state index in [0.717, 1.165) is 32.4 Å². The second-order valence-electron chi connectivity index (χ2n) is 4.97. The summed E-state index contributed by atoms with van der Waals surface area (Å²) in [6.07, 6.45) is 6.98. The largest absolute Gasteiger partial charge is 0.465 e. The van der Waals surface area contributed by atoms with Crippen molar-refractivity contribution >= 4 is 5.97 Å². The Bertz CT molecular complexity index is 196. The average molecular weight is 258 g/mol. The molecule has 0 saturated heterocycles. The molecule has 0 aliphatic carbocycles. The predicted octanol–water partition coefficient (Wildman–Crippen LogP) is 2.04. The molecule has 4 nitrogen and oxygen atoms in total. The minimum atomic E-state index is -0.129. The zero-order valence-electron chi connectivity index (χ0n) is 12.3. The number of rotatable bonds is 12. The summed E-state index contributed by atoms with van der Waals surface area (Å²) in [5, 5.41) is 3.10. The molecule has 4 heteroatoms. The van der Waals surface area contributed by atoms with Gasteiger partial charge in [0.25, 0.3) is 0 Å². The van der Waals surface area contributed by atoms with Crippen LogP contribution in [0.25, 0.3) is 0 Å². The second kappa shape index (κ2) is 12.8. The summed E-state index contributed by atoms with van der Waals surface area (Å²) >= 11 is 0. The van der Waals surface area contributed by atoms with Crippen LogP contribution < -0.4 is 5.32 Å². The van der Waals surface area contributed by atoms with Crippen LogP contribution in [0.1, 0.15) is 45.4 Å². The molecule has 0 aliphatic rings. The van der Waals surface area contributed by atoms with Crippen molar-refractivity contribution in [2.24, 2.45) is 0 Å². The summed E-state index contributed by atoms with van der Waals surface area (Å²) in [6.45, 7) is 5.01. The molecule has 1 N–H and O–H groups in total. The predicted molar refractivity (Wildman–Crippen MR) is 75.8 cm³/mol. The summed E-state index contributed by atoms with van der Waals surface area (Å²) in [6, 6.07) is 0. The van der Waals surface area contributed by atoms with Crippen LogP contribution in [-0.2, 0) is 9.53 Å². The molecule has 18 heavy (non-hydrogen) atoms. The van der Waals surface area contributed by atoms with Crippen molar-refractivity contribution in [1.29, 1.82) is 0 Å². The average Bonchev–Trinajstić information content (AvgIpc) is 2.33. The summed E-state index contributed by atoms with van der Waals surface area (Å²) in [5.41, 5.74) is 0. The van der Waals surface area contributed by atoms with Crippen LogP contribution in [0.5, 0.6) is 0 Å². The summed E-state index contributed by atoms with van der Waals surface area (Å²) in [4.78, 5) is 13.5. The van der Waals surface area contributed by atoms with Gasteiger partial charge in [-0.1, -0.05) is 32.6 Å². The number of carbonyl (C=O) groups is 1. The molecule has 0 amide bonds. The topological polar surface area (TPSA) is 41.6 Å². The van der Waals surface area contributed by atoms with E-state index in [-0.39, 0.29) is 5.97 Å². The monoisotopic (exact) mass is 258 g/mol. The lowest BCUT2D eigenvalue weighted by Gasteiger charge is -2.09. The van der Waals surface area contributed by atoms with Gasteiger partial charge in [0, 0.05) is 0 Å². The van der Waals surface area contributed by atoms with E-state index >= 15 is 0 Å². The van der Waals surface area contributed by atoms with Crippen molar-refractivity contribution in [2.75, 3.05) is 40.3 Å². The van der Waals surface area contributed by atoms with Crippen LogP contribution in [-0.4, -0.2) is 51.2 Å². The maximum Gasteiger partial charge on any atom is 0.319 e. The van der Waals surface area contributed by atoms with Gasteiger partial charge < -0.3 is 15.0 Å². The quantitative estimate of drug-likeness (QED) is 0.430. The third-order valence-electron chi connectivity index (χ3n) is 2.74. The normalized spacial score (nSPS) is 10.9. The van der Waals surface area contributed by atoms with Gasteiger partial charge in [-0.25, -0.2) is 0 Å². The van der Waals surface area contributed by atoms with Gasteiger partial charge in [0.05, 0.1) is 13.2 Å². The molecule has 0 fully saturated rings. The summed E-state index contributed by atoms with van der Waals surface area (Å²) < 4.78 is 5.14. The molecule has 0 aromatic rings. The zero-order chi connectivity index (χ0) is 13.6. The first kappa shape index (κ1) is 17.4. The van der Waals surface area contributed by atoms with Gasteiger partial charge in [-0.2, -0.15) is 0 Å². The molecule has 0 bridgehead atoms. The summed E-state index contributed by atoms with van der Waals surface area (Å²) in [5.74, 6) is -0.129. The highest BCUT2D eigenvalue weighted by molar-refractivity contribution is 5.71. The maximum absolute atomic E-state index is 11.3. The maximum atomic E-state index is 11.3. The fourth-order valence-corrected chi connectivity index (χ4v) is 1.65. The van der Waals surface area contributed by atoms with Crippen molar-refractivity contribution in [3.8, 4) is 0 Å². The smallest absolute Gasteiger partial charge is 0.319 e. The van der Waals surface area contributed by atoms with Gasteiger partial charge in [-0.3, -0.25) is 4.79 Å². The second-order valence-corrected chi connectivity index (χ2v) is 4.97. The first-order valence-corrected chi connectivity index (χ1v) is 7.18. The molecule has 0 saturated carbocycles. The lowest BCUT2D eigenvalue weighted by Crippen LogP contribution is -2.27. The minimum absolute atomic E-state index is 0.129. The van der Waals surface area contributed by atoms with E-state index in [1.54, 1.807) is 0 Å². The van der Waals surface area contributed by atoms with Gasteiger partial charge in [0.2, 0.25) is 0 Å². The standard InChI is InChI=1S/C14H30N2O2/c1-4-5-6-7-8-12-18-14(17)13-15-10-9-11-16(2)3/h15H,4-13H2,1-3H3. The van der Waals surface area contributed by atoms with Crippen LogP contribution in [0.2, 0.25) is 0 Å². The van der Waals surface area contributed by atoms with Crippen molar-refractivity contribution in [1.82, 2.24) is 10.2 Å². The van der Waals surface area contributed by atoms with Crippen LogP contribution in [0, 0.1) is 0 Å². The van der Waals surface area contributed by atoms with Crippen molar-refractivity contribution in [3.05, 3.63) is 0 Å². The van der Waals surface area contributed by atoms with E-state index < -0.39 is 0 Å². The van der Waals surface area contributed by atoms with Gasteiger partial charge in [-0.15, -0.1) is 0 Å². The molecule has 0 heterocycles. The van der Waals surface area contributed by atoms with Crippen LogP contribution >= 0.6 is 0 Å². The highest BCUT2D eigenvalue weighted by atomic mass is 16.5. The Morgan fingerprint density at radius 2 is 1.83 bits per heavy atom.